The highest BCUT2D eigenvalue weighted by Gasteiger charge is 2.13. The second-order valence-electron chi connectivity index (χ2n) is 2.62. The van der Waals surface area contributed by atoms with Gasteiger partial charge in [0.15, 0.2) is 11.0 Å². The lowest BCUT2D eigenvalue weighted by Gasteiger charge is -2.03. The Morgan fingerprint density at radius 2 is 2.06 bits per heavy atom. The van der Waals surface area contributed by atoms with Gasteiger partial charge in [0.1, 0.15) is 17.7 Å². The molecule has 0 spiro atoms. The third-order valence-electron chi connectivity index (χ3n) is 1.61. The van der Waals surface area contributed by atoms with Crippen LogP contribution in [-0.2, 0) is 0 Å². The summed E-state index contributed by atoms with van der Waals surface area (Å²) in [6, 6.07) is 0. The first kappa shape index (κ1) is 10.8. The van der Waals surface area contributed by atoms with Gasteiger partial charge in [-0.3, -0.25) is 9.89 Å². The Labute approximate surface area is 99.2 Å². The normalized spacial score (nSPS) is 10.1. The molecule has 0 atom stereocenters. The second-order valence-corrected chi connectivity index (χ2v) is 3.35. The van der Waals surface area contributed by atoms with Crippen LogP contribution in [0, 0.1) is 0 Å². The number of amides is 1. The molecule has 0 saturated carbocycles. The first-order chi connectivity index (χ1) is 7.68. The summed E-state index contributed by atoms with van der Waals surface area (Å²) in [7, 11) is 0. The van der Waals surface area contributed by atoms with Gasteiger partial charge in [0.25, 0.3) is 5.91 Å². The summed E-state index contributed by atoms with van der Waals surface area (Å²) in [5.74, 6) is -0.358. The topological polar surface area (TPSA) is 96.5 Å². The van der Waals surface area contributed by atoms with E-state index in [0.717, 1.165) is 0 Å². The number of aromatic nitrogens is 5. The van der Waals surface area contributed by atoms with Crippen molar-refractivity contribution in [1.82, 2.24) is 25.1 Å². The van der Waals surface area contributed by atoms with Gasteiger partial charge in [-0.1, -0.05) is 23.2 Å². The lowest BCUT2D eigenvalue weighted by atomic mass is 10.5. The number of rotatable bonds is 2. The fourth-order valence-electron chi connectivity index (χ4n) is 0.917. The Hall–Kier alpha value is -1.73. The third-order valence-corrected chi connectivity index (χ3v) is 2.35. The van der Waals surface area contributed by atoms with Crippen LogP contribution in [0.15, 0.2) is 12.7 Å². The summed E-state index contributed by atoms with van der Waals surface area (Å²) in [4.78, 5) is 22.6. The molecular weight excluding hydrogens is 255 g/mol. The molecule has 2 aromatic heterocycles. The van der Waals surface area contributed by atoms with Crippen LogP contribution in [0.25, 0.3) is 0 Å². The molecule has 7 nitrogen and oxygen atoms in total. The van der Waals surface area contributed by atoms with Gasteiger partial charge in [0, 0.05) is 0 Å². The molecule has 0 unspecified atom stereocenters. The van der Waals surface area contributed by atoms with Crippen LogP contribution in [0.5, 0.6) is 0 Å². The number of anilines is 1. The van der Waals surface area contributed by atoms with Crippen molar-refractivity contribution in [1.29, 1.82) is 0 Å². The SMILES string of the molecule is O=C(Nc1ncnc(Cl)c1Cl)c1ncn[nH]1. The highest BCUT2D eigenvalue weighted by molar-refractivity contribution is 6.43. The standard InChI is InChI=1S/C7H4Cl2N6O/c8-3-4(9)10-1-11-5(3)14-7(16)6-12-2-13-15-6/h1-2H,(H,12,13,15)(H,10,11,14,16). The molecule has 0 bridgehead atoms. The lowest BCUT2D eigenvalue weighted by molar-refractivity contribution is 0.101. The number of H-pyrrole nitrogens is 1. The maximum atomic E-state index is 11.5. The second kappa shape index (κ2) is 4.42. The number of aromatic amines is 1. The van der Waals surface area contributed by atoms with Crippen LogP contribution in [0.4, 0.5) is 5.82 Å². The number of carbonyl (C=O) groups excluding carboxylic acids is 1. The summed E-state index contributed by atoms with van der Waals surface area (Å²) in [6.07, 6.45) is 2.40. The minimum atomic E-state index is -0.519. The fraction of sp³-hybridized carbons (Fsp3) is 0. The zero-order valence-corrected chi connectivity index (χ0v) is 9.12. The van der Waals surface area contributed by atoms with E-state index in [4.69, 9.17) is 23.2 Å². The molecule has 9 heteroatoms. The predicted molar refractivity (Wildman–Crippen MR) is 56.4 cm³/mol. The Kier molecular flexibility index (Phi) is 2.97. The molecule has 0 aliphatic carbocycles. The summed E-state index contributed by atoms with van der Waals surface area (Å²) < 4.78 is 0. The van der Waals surface area contributed by atoms with Crippen molar-refractivity contribution in [2.75, 3.05) is 5.32 Å². The molecule has 2 rings (SSSR count). The van der Waals surface area contributed by atoms with E-state index in [2.05, 4.69) is 30.5 Å². The van der Waals surface area contributed by atoms with E-state index in [0.29, 0.717) is 0 Å². The molecule has 2 aromatic rings. The molecule has 1 amide bonds. The van der Waals surface area contributed by atoms with Crippen molar-refractivity contribution in [2.45, 2.75) is 0 Å². The Morgan fingerprint density at radius 3 is 2.75 bits per heavy atom. The van der Waals surface area contributed by atoms with Crippen LogP contribution in [-0.4, -0.2) is 31.1 Å². The maximum Gasteiger partial charge on any atom is 0.294 e. The summed E-state index contributed by atoms with van der Waals surface area (Å²) in [6.45, 7) is 0. The third kappa shape index (κ3) is 2.10. The van der Waals surface area contributed by atoms with Crippen LogP contribution in [0.2, 0.25) is 10.2 Å². The number of carbonyl (C=O) groups is 1. The molecule has 0 aromatic carbocycles. The number of halogens is 2. The number of hydrogen-bond donors (Lipinski definition) is 2. The summed E-state index contributed by atoms with van der Waals surface area (Å²) >= 11 is 11.4. The van der Waals surface area contributed by atoms with Gasteiger partial charge in [-0.25, -0.2) is 15.0 Å². The van der Waals surface area contributed by atoms with Crippen molar-refractivity contribution in [3.63, 3.8) is 0 Å². The maximum absolute atomic E-state index is 11.5. The number of nitrogens with one attached hydrogen (secondary N) is 2. The minimum Gasteiger partial charge on any atom is -0.302 e. The van der Waals surface area contributed by atoms with Crippen LogP contribution in [0.1, 0.15) is 10.6 Å². The van der Waals surface area contributed by atoms with E-state index in [1.165, 1.54) is 12.7 Å². The summed E-state index contributed by atoms with van der Waals surface area (Å²) in [5, 5.41) is 8.47. The zero-order chi connectivity index (χ0) is 11.5. The summed E-state index contributed by atoms with van der Waals surface area (Å²) in [5.41, 5.74) is 0. The molecule has 0 aliphatic rings. The molecule has 0 aliphatic heterocycles. The first-order valence-electron chi connectivity index (χ1n) is 4.01. The Morgan fingerprint density at radius 1 is 1.25 bits per heavy atom. The van der Waals surface area contributed by atoms with Crippen molar-refractivity contribution >= 4 is 34.9 Å². The van der Waals surface area contributed by atoms with Crippen molar-refractivity contribution in [3.05, 3.63) is 28.7 Å². The highest BCUT2D eigenvalue weighted by Crippen LogP contribution is 2.25. The molecule has 2 heterocycles. The van der Waals surface area contributed by atoms with Gasteiger partial charge in [-0.15, -0.1) is 0 Å². The van der Waals surface area contributed by atoms with Gasteiger partial charge in [0.05, 0.1) is 0 Å². The van der Waals surface area contributed by atoms with E-state index in [9.17, 15) is 4.79 Å². The quantitative estimate of drug-likeness (QED) is 0.788. The lowest BCUT2D eigenvalue weighted by Crippen LogP contribution is -2.15. The van der Waals surface area contributed by atoms with Crippen molar-refractivity contribution in [2.24, 2.45) is 0 Å². The highest BCUT2D eigenvalue weighted by atomic mass is 35.5. The monoisotopic (exact) mass is 258 g/mol. The van der Waals surface area contributed by atoms with E-state index in [1.807, 2.05) is 0 Å². The zero-order valence-electron chi connectivity index (χ0n) is 7.61. The average molecular weight is 259 g/mol. The predicted octanol–water partition coefficient (Wildman–Crippen LogP) is 1.15. The van der Waals surface area contributed by atoms with Gasteiger partial charge in [-0.05, 0) is 0 Å². The molecule has 0 radical (unpaired) electrons. The van der Waals surface area contributed by atoms with Gasteiger partial charge >= 0.3 is 0 Å². The Balaban J connectivity index is 2.22. The van der Waals surface area contributed by atoms with Crippen molar-refractivity contribution < 1.29 is 4.79 Å². The van der Waals surface area contributed by atoms with E-state index in [1.54, 1.807) is 0 Å². The van der Waals surface area contributed by atoms with Gasteiger partial charge < -0.3 is 5.32 Å². The molecule has 2 N–H and O–H groups in total. The Bertz CT molecular complexity index is 514. The van der Waals surface area contributed by atoms with Gasteiger partial charge in [0.2, 0.25) is 5.82 Å². The van der Waals surface area contributed by atoms with Gasteiger partial charge in [-0.2, -0.15) is 5.10 Å². The number of hydrogen-bond acceptors (Lipinski definition) is 5. The van der Waals surface area contributed by atoms with Crippen LogP contribution >= 0.6 is 23.2 Å². The minimum absolute atomic E-state index is 0.0470. The van der Waals surface area contributed by atoms with E-state index < -0.39 is 5.91 Å². The van der Waals surface area contributed by atoms with Crippen LogP contribution < -0.4 is 5.32 Å². The van der Waals surface area contributed by atoms with E-state index in [-0.39, 0.29) is 21.8 Å². The molecule has 0 saturated heterocycles. The first-order valence-corrected chi connectivity index (χ1v) is 4.77. The molecule has 0 fully saturated rings. The average Bonchev–Trinajstić information content (AvgIpc) is 2.78. The van der Waals surface area contributed by atoms with Crippen LogP contribution in [0.3, 0.4) is 0 Å². The number of nitrogens with zero attached hydrogens (tertiary/aromatic N) is 4. The largest absolute Gasteiger partial charge is 0.302 e. The molecular formula is C7H4Cl2N6O. The smallest absolute Gasteiger partial charge is 0.294 e. The van der Waals surface area contributed by atoms with Crippen molar-refractivity contribution in [3.8, 4) is 0 Å². The molecule has 82 valence electrons. The molecule has 16 heavy (non-hydrogen) atoms. The fourth-order valence-corrected chi connectivity index (χ4v) is 1.20. The van der Waals surface area contributed by atoms with E-state index >= 15 is 0 Å².